The molecular weight excluding hydrogens is 274 g/mol. The number of anilines is 1. The molecular formula is C12H16ClNO3S. The molecule has 1 atom stereocenters. The number of nitrogens with one attached hydrogen (secondary N) is 1. The Kier molecular flexibility index (Phi) is 3.84. The summed E-state index contributed by atoms with van der Waals surface area (Å²) in [5.41, 5.74) is -0.160. The van der Waals surface area contributed by atoms with E-state index in [4.69, 9.17) is 11.6 Å². The quantitative estimate of drug-likeness (QED) is 0.889. The van der Waals surface area contributed by atoms with Crippen LogP contribution in [-0.4, -0.2) is 37.2 Å². The zero-order chi connectivity index (χ0) is 13.2. The summed E-state index contributed by atoms with van der Waals surface area (Å²) in [6, 6.07) is 7.13. The van der Waals surface area contributed by atoms with Crippen molar-refractivity contribution in [2.24, 2.45) is 0 Å². The van der Waals surface area contributed by atoms with Crippen molar-refractivity contribution in [2.45, 2.75) is 18.4 Å². The van der Waals surface area contributed by atoms with Crippen molar-refractivity contribution >= 4 is 27.1 Å². The van der Waals surface area contributed by atoms with Crippen LogP contribution in [-0.2, 0) is 9.84 Å². The first kappa shape index (κ1) is 13.6. The topological polar surface area (TPSA) is 66.4 Å². The summed E-state index contributed by atoms with van der Waals surface area (Å²) in [6.07, 6.45) is 1.17. The van der Waals surface area contributed by atoms with E-state index in [1.807, 2.05) is 6.07 Å². The smallest absolute Gasteiger partial charge is 0.152 e. The van der Waals surface area contributed by atoms with Gasteiger partial charge in [0.15, 0.2) is 9.84 Å². The summed E-state index contributed by atoms with van der Waals surface area (Å²) in [4.78, 5) is 0. The number of sulfone groups is 1. The first-order valence-electron chi connectivity index (χ1n) is 5.80. The Labute approximate surface area is 112 Å². The van der Waals surface area contributed by atoms with Crippen LogP contribution in [0.15, 0.2) is 24.3 Å². The lowest BCUT2D eigenvalue weighted by Crippen LogP contribution is -2.51. The van der Waals surface area contributed by atoms with E-state index in [2.05, 4.69) is 5.32 Å². The van der Waals surface area contributed by atoms with Crippen molar-refractivity contribution in [3.8, 4) is 0 Å². The molecule has 6 heteroatoms. The highest BCUT2D eigenvalue weighted by atomic mass is 35.5. The standard InChI is InChI=1S/C12H16ClNO3S/c13-10-4-1-2-5-11(10)14-12(8-15)6-3-7-18(16,17)9-12/h1-2,4-5,14-15H,3,6-9H2. The van der Waals surface area contributed by atoms with Gasteiger partial charge in [-0.05, 0) is 25.0 Å². The highest BCUT2D eigenvalue weighted by molar-refractivity contribution is 7.91. The van der Waals surface area contributed by atoms with Gasteiger partial charge in [-0.2, -0.15) is 0 Å². The highest BCUT2D eigenvalue weighted by Gasteiger charge is 2.38. The van der Waals surface area contributed by atoms with Gasteiger partial charge in [-0.25, -0.2) is 8.42 Å². The molecule has 1 aromatic rings. The minimum atomic E-state index is -3.10. The minimum absolute atomic E-state index is 0.0538. The van der Waals surface area contributed by atoms with Crippen molar-refractivity contribution < 1.29 is 13.5 Å². The second kappa shape index (κ2) is 5.07. The van der Waals surface area contributed by atoms with Gasteiger partial charge in [-0.15, -0.1) is 0 Å². The van der Waals surface area contributed by atoms with E-state index in [1.54, 1.807) is 18.2 Å². The van der Waals surface area contributed by atoms with Gasteiger partial charge in [-0.1, -0.05) is 23.7 Å². The third-order valence-corrected chi connectivity index (χ3v) is 5.42. The summed E-state index contributed by atoms with van der Waals surface area (Å²) < 4.78 is 23.4. The molecule has 0 aromatic heterocycles. The third kappa shape index (κ3) is 2.96. The van der Waals surface area contributed by atoms with Crippen molar-refractivity contribution in [3.05, 3.63) is 29.3 Å². The number of benzene rings is 1. The lowest BCUT2D eigenvalue weighted by molar-refractivity contribution is 0.212. The molecule has 2 rings (SSSR count). The second-order valence-corrected chi connectivity index (χ2v) is 7.33. The summed E-state index contributed by atoms with van der Waals surface area (Å²) in [6.45, 7) is -0.225. The summed E-state index contributed by atoms with van der Waals surface area (Å²) >= 11 is 6.04. The Morgan fingerprint density at radius 2 is 2.11 bits per heavy atom. The normalized spacial score (nSPS) is 26.8. The maximum absolute atomic E-state index is 11.7. The van der Waals surface area contributed by atoms with Gasteiger partial charge >= 0.3 is 0 Å². The largest absolute Gasteiger partial charge is 0.394 e. The van der Waals surface area contributed by atoms with E-state index < -0.39 is 15.4 Å². The van der Waals surface area contributed by atoms with Crippen LogP contribution in [0.25, 0.3) is 0 Å². The number of hydrogen-bond acceptors (Lipinski definition) is 4. The van der Waals surface area contributed by atoms with Crippen LogP contribution in [0.2, 0.25) is 5.02 Å². The van der Waals surface area contributed by atoms with Gasteiger partial charge in [-0.3, -0.25) is 0 Å². The zero-order valence-corrected chi connectivity index (χ0v) is 11.5. The number of para-hydroxylation sites is 1. The molecule has 4 nitrogen and oxygen atoms in total. The van der Waals surface area contributed by atoms with Gasteiger partial charge in [0, 0.05) is 0 Å². The summed E-state index contributed by atoms with van der Waals surface area (Å²) in [5.74, 6) is 0.140. The van der Waals surface area contributed by atoms with Crippen LogP contribution in [0.5, 0.6) is 0 Å². The average Bonchev–Trinajstić information content (AvgIpc) is 2.31. The maximum Gasteiger partial charge on any atom is 0.152 e. The number of hydrogen-bond donors (Lipinski definition) is 2. The molecule has 1 saturated heterocycles. The lowest BCUT2D eigenvalue weighted by atomic mass is 9.96. The van der Waals surface area contributed by atoms with E-state index in [0.717, 1.165) is 0 Å². The number of aliphatic hydroxyl groups excluding tert-OH is 1. The van der Waals surface area contributed by atoms with Crippen LogP contribution < -0.4 is 5.32 Å². The summed E-state index contributed by atoms with van der Waals surface area (Å²) in [5, 5.41) is 13.2. The van der Waals surface area contributed by atoms with E-state index in [-0.39, 0.29) is 18.1 Å². The fourth-order valence-electron chi connectivity index (χ4n) is 2.31. The van der Waals surface area contributed by atoms with Crippen LogP contribution in [0.4, 0.5) is 5.69 Å². The molecule has 1 aliphatic heterocycles. The molecule has 1 heterocycles. The van der Waals surface area contributed by atoms with Gasteiger partial charge in [0.05, 0.1) is 34.4 Å². The molecule has 0 bridgehead atoms. The van der Waals surface area contributed by atoms with Crippen LogP contribution in [0.1, 0.15) is 12.8 Å². The first-order chi connectivity index (χ1) is 8.46. The fraction of sp³-hybridized carbons (Fsp3) is 0.500. The van der Waals surface area contributed by atoms with Crippen LogP contribution in [0, 0.1) is 0 Å². The maximum atomic E-state index is 11.7. The van der Waals surface area contributed by atoms with E-state index in [0.29, 0.717) is 23.6 Å². The second-order valence-electron chi connectivity index (χ2n) is 4.74. The molecule has 100 valence electrons. The third-order valence-electron chi connectivity index (χ3n) is 3.18. The highest BCUT2D eigenvalue weighted by Crippen LogP contribution is 2.30. The Morgan fingerprint density at radius 1 is 1.39 bits per heavy atom. The molecule has 0 aliphatic carbocycles. The molecule has 1 unspecified atom stereocenters. The minimum Gasteiger partial charge on any atom is -0.394 e. The number of halogens is 1. The monoisotopic (exact) mass is 289 g/mol. The predicted molar refractivity (Wildman–Crippen MR) is 72.8 cm³/mol. The molecule has 0 radical (unpaired) electrons. The van der Waals surface area contributed by atoms with E-state index in [1.165, 1.54) is 0 Å². The van der Waals surface area contributed by atoms with E-state index >= 15 is 0 Å². The molecule has 0 spiro atoms. The van der Waals surface area contributed by atoms with Crippen molar-refractivity contribution in [3.63, 3.8) is 0 Å². The number of rotatable bonds is 3. The molecule has 1 fully saturated rings. The first-order valence-corrected chi connectivity index (χ1v) is 8.00. The van der Waals surface area contributed by atoms with Gasteiger partial charge in [0.1, 0.15) is 0 Å². The number of aliphatic hydroxyl groups is 1. The molecule has 1 aliphatic rings. The Bertz CT molecular complexity index is 532. The fourth-order valence-corrected chi connectivity index (χ4v) is 4.37. The Hall–Kier alpha value is -0.780. The van der Waals surface area contributed by atoms with Gasteiger partial charge in [0.25, 0.3) is 0 Å². The molecule has 0 amide bonds. The predicted octanol–water partition coefficient (Wildman–Crippen LogP) is 1.69. The van der Waals surface area contributed by atoms with Crippen molar-refractivity contribution in [2.75, 3.05) is 23.4 Å². The Morgan fingerprint density at radius 3 is 2.72 bits per heavy atom. The Balaban J connectivity index is 2.26. The van der Waals surface area contributed by atoms with Gasteiger partial charge < -0.3 is 10.4 Å². The van der Waals surface area contributed by atoms with Gasteiger partial charge in [0.2, 0.25) is 0 Å². The van der Waals surface area contributed by atoms with E-state index in [9.17, 15) is 13.5 Å². The molecule has 2 N–H and O–H groups in total. The SMILES string of the molecule is O=S1(=O)CCCC(CO)(Nc2ccccc2Cl)C1. The molecule has 18 heavy (non-hydrogen) atoms. The zero-order valence-electron chi connectivity index (χ0n) is 9.89. The average molecular weight is 290 g/mol. The molecule has 1 aromatic carbocycles. The lowest BCUT2D eigenvalue weighted by Gasteiger charge is -2.37. The van der Waals surface area contributed by atoms with Crippen molar-refractivity contribution in [1.29, 1.82) is 0 Å². The molecule has 0 saturated carbocycles. The summed E-state index contributed by atoms with van der Waals surface area (Å²) in [7, 11) is -3.10. The van der Waals surface area contributed by atoms with Crippen LogP contribution >= 0.6 is 11.6 Å². The van der Waals surface area contributed by atoms with Crippen LogP contribution in [0.3, 0.4) is 0 Å². The van der Waals surface area contributed by atoms with Crippen molar-refractivity contribution in [1.82, 2.24) is 0 Å².